The van der Waals surface area contributed by atoms with Crippen molar-refractivity contribution in [2.75, 3.05) is 19.8 Å². The molecule has 1 amide bonds. The Morgan fingerprint density at radius 3 is 2.62 bits per heavy atom. The molecule has 1 aromatic carbocycles. The zero-order chi connectivity index (χ0) is 15.2. The van der Waals surface area contributed by atoms with Crippen LogP contribution in [-0.2, 0) is 16.1 Å². The van der Waals surface area contributed by atoms with E-state index < -0.39 is 0 Å². The molecule has 4 nitrogen and oxygen atoms in total. The van der Waals surface area contributed by atoms with E-state index in [1.54, 1.807) is 0 Å². The van der Waals surface area contributed by atoms with Gasteiger partial charge in [-0.25, -0.2) is 0 Å². The molecule has 0 radical (unpaired) electrons. The molecule has 0 aromatic heterocycles. The molecule has 1 saturated heterocycles. The molecule has 21 heavy (non-hydrogen) atoms. The summed E-state index contributed by atoms with van der Waals surface area (Å²) in [5, 5.41) is 6.33. The lowest BCUT2D eigenvalue weighted by Crippen LogP contribution is -2.43. The molecule has 2 unspecified atom stereocenters. The normalized spacial score (nSPS) is 21.7. The minimum Gasteiger partial charge on any atom is -0.379 e. The second kappa shape index (κ2) is 7.57. The molecule has 0 spiro atoms. The van der Waals surface area contributed by atoms with Crippen LogP contribution in [0.4, 0.5) is 0 Å². The number of likely N-dealkylation sites (N-methyl/N-ethyl adjacent to an activating group) is 1. The van der Waals surface area contributed by atoms with Crippen molar-refractivity contribution in [2.24, 2.45) is 5.92 Å². The molecule has 1 aliphatic rings. The van der Waals surface area contributed by atoms with Crippen molar-refractivity contribution in [3.05, 3.63) is 35.4 Å². The molecule has 0 saturated carbocycles. The Bertz CT molecular complexity index is 456. The zero-order valence-electron chi connectivity index (χ0n) is 13.2. The number of benzene rings is 1. The van der Waals surface area contributed by atoms with Crippen LogP contribution in [0.25, 0.3) is 0 Å². The molecule has 0 bridgehead atoms. The van der Waals surface area contributed by atoms with Crippen LogP contribution in [0.1, 0.15) is 37.8 Å². The minimum absolute atomic E-state index is 0.0754. The summed E-state index contributed by atoms with van der Waals surface area (Å²) in [5.41, 5.74) is 2.45. The van der Waals surface area contributed by atoms with E-state index in [1.165, 1.54) is 5.56 Å². The van der Waals surface area contributed by atoms with E-state index in [4.69, 9.17) is 4.74 Å². The first-order valence-corrected chi connectivity index (χ1v) is 7.79. The van der Waals surface area contributed by atoms with E-state index in [2.05, 4.69) is 48.7 Å². The predicted molar refractivity (Wildman–Crippen MR) is 84.2 cm³/mol. The second-order valence-corrected chi connectivity index (χ2v) is 5.92. The lowest BCUT2D eigenvalue weighted by molar-refractivity contribution is -0.125. The highest BCUT2D eigenvalue weighted by atomic mass is 16.5. The Hall–Kier alpha value is -1.39. The second-order valence-electron chi connectivity index (χ2n) is 5.92. The van der Waals surface area contributed by atoms with Crippen molar-refractivity contribution in [1.29, 1.82) is 0 Å². The SMILES string of the molecule is CCNC1COCC1C(=O)NCc1ccc(C(C)C)cc1. The van der Waals surface area contributed by atoms with Crippen molar-refractivity contribution in [1.82, 2.24) is 10.6 Å². The largest absolute Gasteiger partial charge is 0.379 e. The lowest BCUT2D eigenvalue weighted by Gasteiger charge is -2.18. The quantitative estimate of drug-likeness (QED) is 0.843. The first kappa shape index (κ1) is 16.0. The molecule has 1 fully saturated rings. The molecule has 1 aromatic rings. The number of hydrogen-bond acceptors (Lipinski definition) is 3. The summed E-state index contributed by atoms with van der Waals surface area (Å²) in [7, 11) is 0. The van der Waals surface area contributed by atoms with Crippen LogP contribution >= 0.6 is 0 Å². The van der Waals surface area contributed by atoms with Crippen LogP contribution in [-0.4, -0.2) is 31.7 Å². The summed E-state index contributed by atoms with van der Waals surface area (Å²) >= 11 is 0. The van der Waals surface area contributed by atoms with Gasteiger partial charge in [-0.3, -0.25) is 4.79 Å². The highest BCUT2D eigenvalue weighted by Gasteiger charge is 2.33. The van der Waals surface area contributed by atoms with Crippen molar-refractivity contribution >= 4 is 5.91 Å². The smallest absolute Gasteiger partial charge is 0.227 e. The van der Waals surface area contributed by atoms with E-state index in [9.17, 15) is 4.79 Å². The van der Waals surface area contributed by atoms with Gasteiger partial charge in [0.05, 0.1) is 19.1 Å². The van der Waals surface area contributed by atoms with Gasteiger partial charge in [0.15, 0.2) is 0 Å². The summed E-state index contributed by atoms with van der Waals surface area (Å²) in [5.74, 6) is 0.524. The number of ether oxygens (including phenoxy) is 1. The number of nitrogens with one attached hydrogen (secondary N) is 2. The molecular weight excluding hydrogens is 264 g/mol. The van der Waals surface area contributed by atoms with Crippen LogP contribution in [0.15, 0.2) is 24.3 Å². The Labute approximate surface area is 127 Å². The summed E-state index contributed by atoms with van der Waals surface area (Å²) in [4.78, 5) is 12.2. The van der Waals surface area contributed by atoms with Gasteiger partial charge in [-0.15, -0.1) is 0 Å². The first-order chi connectivity index (χ1) is 10.1. The first-order valence-electron chi connectivity index (χ1n) is 7.79. The van der Waals surface area contributed by atoms with Gasteiger partial charge in [0.2, 0.25) is 5.91 Å². The number of rotatable bonds is 6. The van der Waals surface area contributed by atoms with Crippen LogP contribution in [0.5, 0.6) is 0 Å². The maximum atomic E-state index is 12.2. The highest BCUT2D eigenvalue weighted by molar-refractivity contribution is 5.79. The Morgan fingerprint density at radius 2 is 2.00 bits per heavy atom. The molecule has 4 heteroatoms. The predicted octanol–water partition coefficient (Wildman–Crippen LogP) is 2.05. The summed E-state index contributed by atoms with van der Waals surface area (Å²) < 4.78 is 5.41. The van der Waals surface area contributed by atoms with Gasteiger partial charge in [0.25, 0.3) is 0 Å². The molecule has 116 valence electrons. The number of carbonyl (C=O) groups excluding carboxylic acids is 1. The number of hydrogen-bond donors (Lipinski definition) is 2. The third kappa shape index (κ3) is 4.29. The van der Waals surface area contributed by atoms with Gasteiger partial charge in [0, 0.05) is 12.6 Å². The molecule has 2 N–H and O–H groups in total. The van der Waals surface area contributed by atoms with Gasteiger partial charge >= 0.3 is 0 Å². The topological polar surface area (TPSA) is 50.4 Å². The standard InChI is InChI=1S/C17H26N2O2/c1-4-18-16-11-21-10-15(16)17(20)19-9-13-5-7-14(8-6-13)12(2)3/h5-8,12,15-16,18H,4,9-11H2,1-3H3,(H,19,20). The van der Waals surface area contributed by atoms with Crippen LogP contribution in [0.2, 0.25) is 0 Å². The number of carbonyl (C=O) groups is 1. The van der Waals surface area contributed by atoms with Crippen LogP contribution in [0.3, 0.4) is 0 Å². The van der Waals surface area contributed by atoms with Gasteiger partial charge in [-0.1, -0.05) is 45.0 Å². The number of amides is 1. The Morgan fingerprint density at radius 1 is 1.29 bits per heavy atom. The van der Waals surface area contributed by atoms with Gasteiger partial charge in [0.1, 0.15) is 0 Å². The van der Waals surface area contributed by atoms with E-state index in [0.29, 0.717) is 25.7 Å². The molecule has 1 aliphatic heterocycles. The van der Waals surface area contributed by atoms with Gasteiger partial charge < -0.3 is 15.4 Å². The van der Waals surface area contributed by atoms with Crippen LogP contribution in [0, 0.1) is 5.92 Å². The summed E-state index contributed by atoms with van der Waals surface area (Å²) in [6.45, 7) is 8.96. The zero-order valence-corrected chi connectivity index (χ0v) is 13.2. The maximum Gasteiger partial charge on any atom is 0.227 e. The van der Waals surface area contributed by atoms with E-state index in [-0.39, 0.29) is 17.9 Å². The molecule has 2 atom stereocenters. The van der Waals surface area contributed by atoms with Crippen molar-refractivity contribution in [2.45, 2.75) is 39.3 Å². The van der Waals surface area contributed by atoms with Crippen molar-refractivity contribution in [3.8, 4) is 0 Å². The molecular formula is C17H26N2O2. The third-order valence-corrected chi connectivity index (χ3v) is 4.00. The van der Waals surface area contributed by atoms with E-state index in [1.807, 2.05) is 6.92 Å². The van der Waals surface area contributed by atoms with Crippen LogP contribution < -0.4 is 10.6 Å². The Balaban J connectivity index is 1.86. The third-order valence-electron chi connectivity index (χ3n) is 4.00. The highest BCUT2D eigenvalue weighted by Crippen LogP contribution is 2.16. The van der Waals surface area contributed by atoms with Gasteiger partial charge in [-0.2, -0.15) is 0 Å². The van der Waals surface area contributed by atoms with Crippen molar-refractivity contribution < 1.29 is 9.53 Å². The fourth-order valence-electron chi connectivity index (χ4n) is 2.62. The monoisotopic (exact) mass is 290 g/mol. The minimum atomic E-state index is -0.0834. The summed E-state index contributed by atoms with van der Waals surface area (Å²) in [6.07, 6.45) is 0. The fourth-order valence-corrected chi connectivity index (χ4v) is 2.62. The fraction of sp³-hybridized carbons (Fsp3) is 0.588. The van der Waals surface area contributed by atoms with Gasteiger partial charge in [-0.05, 0) is 23.6 Å². The Kier molecular flexibility index (Phi) is 5.76. The molecule has 0 aliphatic carbocycles. The molecule has 2 rings (SSSR count). The van der Waals surface area contributed by atoms with E-state index in [0.717, 1.165) is 12.1 Å². The molecule has 1 heterocycles. The maximum absolute atomic E-state index is 12.2. The van der Waals surface area contributed by atoms with Crippen molar-refractivity contribution in [3.63, 3.8) is 0 Å². The lowest BCUT2D eigenvalue weighted by atomic mass is 10.0. The summed E-state index contributed by atoms with van der Waals surface area (Å²) in [6, 6.07) is 8.57. The van der Waals surface area contributed by atoms with E-state index >= 15 is 0 Å². The average Bonchev–Trinajstić information content (AvgIpc) is 2.94. The average molecular weight is 290 g/mol.